The second-order valence-corrected chi connectivity index (χ2v) is 10.6. The molecule has 0 radical (unpaired) electrons. The highest BCUT2D eigenvalue weighted by molar-refractivity contribution is 7.13. The van der Waals surface area contributed by atoms with E-state index in [-0.39, 0.29) is 0 Å². The van der Waals surface area contributed by atoms with E-state index in [2.05, 4.69) is 97.9 Å². The van der Waals surface area contributed by atoms with Gasteiger partial charge in [-0.1, -0.05) is 89.1 Å². The van der Waals surface area contributed by atoms with Crippen LogP contribution >= 0.6 is 11.3 Å². The lowest BCUT2D eigenvalue weighted by Gasteiger charge is -2.11. The number of allylic oxidation sites excluding steroid dienone is 1. The van der Waals surface area contributed by atoms with Crippen molar-refractivity contribution in [1.82, 2.24) is 0 Å². The number of aliphatic imine (C=N–C) groups is 1. The zero-order chi connectivity index (χ0) is 25.4. The molecule has 0 aliphatic rings. The monoisotopic (exact) mass is 501 g/mol. The van der Waals surface area contributed by atoms with E-state index < -0.39 is 0 Å². The topological polar surface area (TPSA) is 16.2 Å². The van der Waals surface area contributed by atoms with Crippen LogP contribution < -0.4 is 4.57 Å². The van der Waals surface area contributed by atoms with E-state index in [1.165, 1.54) is 96.9 Å². The van der Waals surface area contributed by atoms with Crippen LogP contribution in [-0.4, -0.2) is 12.8 Å². The summed E-state index contributed by atoms with van der Waals surface area (Å²) >= 11 is 1.82. The van der Waals surface area contributed by atoms with Gasteiger partial charge in [-0.3, -0.25) is 4.99 Å². The third-order valence-electron chi connectivity index (χ3n) is 6.69. The summed E-state index contributed by atoms with van der Waals surface area (Å²) in [6, 6.07) is 13.5. The SMILES string of the molecule is C/C=C\c1cc(-c2cc[n+](CCCCCCC)cc2-c2cccs2)ccc1/C=N/CCCCCCC. The minimum atomic E-state index is 0.917. The Morgan fingerprint density at radius 3 is 2.33 bits per heavy atom. The number of aryl methyl sites for hydroxylation is 1. The van der Waals surface area contributed by atoms with Gasteiger partial charge in [0.25, 0.3) is 0 Å². The first-order valence-electron chi connectivity index (χ1n) is 14.1. The number of benzene rings is 1. The van der Waals surface area contributed by atoms with Crippen LogP contribution in [-0.2, 0) is 6.54 Å². The Balaban J connectivity index is 1.80. The minimum absolute atomic E-state index is 0.917. The first kappa shape index (κ1) is 28.1. The molecule has 3 aromatic rings. The molecule has 0 amide bonds. The Morgan fingerprint density at radius 1 is 0.833 bits per heavy atom. The number of unbranched alkanes of at least 4 members (excludes halogenated alkanes) is 8. The standard InChI is InChI=1S/C33H45N2S/c1-4-7-9-11-13-21-34-26-30-19-18-29(25-28(30)16-6-3)31-20-23-35(22-14-12-10-8-5-2)27-32(31)33-17-15-24-36-33/h6,15-20,23-27H,4-5,7-14,21-22H2,1-3H3/q+1/b16-6-,34-26+. The van der Waals surface area contributed by atoms with Crippen molar-refractivity contribution in [2.75, 3.05) is 6.54 Å². The summed E-state index contributed by atoms with van der Waals surface area (Å²) in [6.45, 7) is 8.62. The van der Waals surface area contributed by atoms with Crippen molar-refractivity contribution in [2.45, 2.75) is 91.5 Å². The van der Waals surface area contributed by atoms with Crippen LogP contribution in [0, 0.1) is 0 Å². The van der Waals surface area contributed by atoms with Gasteiger partial charge in [0.05, 0.1) is 5.56 Å². The molecule has 0 atom stereocenters. The van der Waals surface area contributed by atoms with Gasteiger partial charge in [-0.05, 0) is 54.0 Å². The fraction of sp³-hybridized carbons (Fsp3) is 0.455. The van der Waals surface area contributed by atoms with Crippen molar-refractivity contribution in [3.05, 3.63) is 71.4 Å². The normalized spacial score (nSPS) is 11.8. The second kappa shape index (κ2) is 16.3. The van der Waals surface area contributed by atoms with E-state index in [9.17, 15) is 0 Å². The van der Waals surface area contributed by atoms with E-state index in [0.29, 0.717) is 0 Å². The lowest BCUT2D eigenvalue weighted by atomic mass is 9.96. The van der Waals surface area contributed by atoms with E-state index in [1.54, 1.807) is 0 Å². The Hall–Kier alpha value is -2.52. The van der Waals surface area contributed by atoms with Crippen LogP contribution in [0.15, 0.2) is 65.2 Å². The maximum Gasteiger partial charge on any atom is 0.178 e. The predicted molar refractivity (Wildman–Crippen MR) is 160 cm³/mol. The van der Waals surface area contributed by atoms with Gasteiger partial charge in [0, 0.05) is 35.7 Å². The maximum atomic E-state index is 4.74. The van der Waals surface area contributed by atoms with Crippen LogP contribution in [0.3, 0.4) is 0 Å². The second-order valence-electron chi connectivity index (χ2n) is 9.69. The molecule has 0 saturated carbocycles. The molecular weight excluding hydrogens is 456 g/mol. The van der Waals surface area contributed by atoms with Crippen molar-refractivity contribution in [1.29, 1.82) is 0 Å². The van der Waals surface area contributed by atoms with Gasteiger partial charge >= 0.3 is 0 Å². The third kappa shape index (κ3) is 8.85. The molecule has 192 valence electrons. The summed E-state index contributed by atoms with van der Waals surface area (Å²) in [6.07, 6.45) is 24.0. The number of pyridine rings is 1. The predicted octanol–water partition coefficient (Wildman–Crippen LogP) is 9.76. The van der Waals surface area contributed by atoms with Gasteiger partial charge in [-0.15, -0.1) is 11.3 Å². The molecule has 2 nitrogen and oxygen atoms in total. The Labute approximate surface area is 223 Å². The van der Waals surface area contributed by atoms with Crippen molar-refractivity contribution >= 4 is 23.6 Å². The average Bonchev–Trinajstić information content (AvgIpc) is 3.44. The third-order valence-corrected chi connectivity index (χ3v) is 7.59. The van der Waals surface area contributed by atoms with Crippen LogP contribution in [0.2, 0.25) is 0 Å². The van der Waals surface area contributed by atoms with Crippen molar-refractivity contribution in [2.24, 2.45) is 4.99 Å². The van der Waals surface area contributed by atoms with Crippen LogP contribution in [0.4, 0.5) is 0 Å². The van der Waals surface area contributed by atoms with Gasteiger partial charge in [0.1, 0.15) is 6.54 Å². The van der Waals surface area contributed by atoms with Gasteiger partial charge in [-0.25, -0.2) is 4.57 Å². The number of aromatic nitrogens is 1. The Kier molecular flexibility index (Phi) is 12.7. The molecule has 3 heteroatoms. The number of hydrogen-bond acceptors (Lipinski definition) is 2. The highest BCUT2D eigenvalue weighted by atomic mass is 32.1. The lowest BCUT2D eigenvalue weighted by Crippen LogP contribution is -2.33. The fourth-order valence-corrected chi connectivity index (χ4v) is 5.36. The summed E-state index contributed by atoms with van der Waals surface area (Å²) in [5, 5.41) is 2.17. The van der Waals surface area contributed by atoms with Crippen LogP contribution in [0.5, 0.6) is 0 Å². The van der Waals surface area contributed by atoms with Gasteiger partial charge in [0.15, 0.2) is 12.4 Å². The molecule has 3 rings (SSSR count). The molecule has 0 aliphatic heterocycles. The molecule has 0 fully saturated rings. The molecule has 0 N–H and O–H groups in total. The fourth-order valence-electron chi connectivity index (χ4n) is 4.61. The van der Waals surface area contributed by atoms with Crippen LogP contribution in [0.1, 0.15) is 96.1 Å². The van der Waals surface area contributed by atoms with Gasteiger partial charge in [0.2, 0.25) is 0 Å². The average molecular weight is 502 g/mol. The van der Waals surface area contributed by atoms with E-state index in [1.807, 2.05) is 11.3 Å². The quantitative estimate of drug-likeness (QED) is 0.105. The summed E-state index contributed by atoms with van der Waals surface area (Å²) < 4.78 is 2.37. The first-order chi connectivity index (χ1) is 17.8. The molecular formula is C33H45N2S+. The number of rotatable bonds is 16. The van der Waals surface area contributed by atoms with Crippen molar-refractivity contribution < 1.29 is 4.57 Å². The molecule has 2 aromatic heterocycles. The van der Waals surface area contributed by atoms with Crippen molar-refractivity contribution in [3.8, 4) is 21.6 Å². The smallest absolute Gasteiger partial charge is 0.178 e. The molecule has 36 heavy (non-hydrogen) atoms. The lowest BCUT2D eigenvalue weighted by molar-refractivity contribution is -0.696. The molecule has 0 unspecified atom stereocenters. The number of hydrogen-bond donors (Lipinski definition) is 0. The minimum Gasteiger partial charge on any atom is -0.293 e. The van der Waals surface area contributed by atoms with E-state index in [0.717, 1.165) is 13.1 Å². The molecule has 0 saturated heterocycles. The molecule has 0 aliphatic carbocycles. The first-order valence-corrected chi connectivity index (χ1v) is 15.0. The van der Waals surface area contributed by atoms with Crippen LogP contribution in [0.25, 0.3) is 27.6 Å². The zero-order valence-corrected chi connectivity index (χ0v) is 23.5. The maximum absolute atomic E-state index is 4.74. The van der Waals surface area contributed by atoms with E-state index >= 15 is 0 Å². The zero-order valence-electron chi connectivity index (χ0n) is 22.7. The molecule has 0 spiro atoms. The molecule has 1 aromatic carbocycles. The van der Waals surface area contributed by atoms with E-state index in [4.69, 9.17) is 4.99 Å². The van der Waals surface area contributed by atoms with Gasteiger partial charge < -0.3 is 0 Å². The number of thiophene rings is 1. The Bertz CT molecular complexity index is 1080. The summed E-state index contributed by atoms with van der Waals surface area (Å²) in [5.41, 5.74) is 6.31. The van der Waals surface area contributed by atoms with Crippen molar-refractivity contribution in [3.63, 3.8) is 0 Å². The highest BCUT2D eigenvalue weighted by Crippen LogP contribution is 2.34. The largest absolute Gasteiger partial charge is 0.293 e. The van der Waals surface area contributed by atoms with Gasteiger partial charge in [-0.2, -0.15) is 0 Å². The molecule has 2 heterocycles. The summed E-state index contributed by atoms with van der Waals surface area (Å²) in [7, 11) is 0. The summed E-state index contributed by atoms with van der Waals surface area (Å²) in [4.78, 5) is 6.07. The Morgan fingerprint density at radius 2 is 1.61 bits per heavy atom. The summed E-state index contributed by atoms with van der Waals surface area (Å²) in [5.74, 6) is 0. The molecule has 0 bridgehead atoms. The highest BCUT2D eigenvalue weighted by Gasteiger charge is 2.15. The number of nitrogens with zero attached hydrogens (tertiary/aromatic N) is 2.